The molecule has 0 amide bonds. The van der Waals surface area contributed by atoms with E-state index in [4.69, 9.17) is 19.9 Å². The molecule has 216 valence electrons. The summed E-state index contributed by atoms with van der Waals surface area (Å²) >= 11 is 0. The lowest BCUT2D eigenvalue weighted by atomic mass is 9.72. The largest absolute Gasteiger partial charge is 0.507 e. The molecule has 1 fully saturated rings. The highest BCUT2D eigenvalue weighted by molar-refractivity contribution is 6.31. The van der Waals surface area contributed by atoms with E-state index in [0.717, 1.165) is 0 Å². The molecule has 1 heterocycles. The summed E-state index contributed by atoms with van der Waals surface area (Å²) in [6, 6.07) is 3.64. The van der Waals surface area contributed by atoms with Gasteiger partial charge in [-0.25, -0.2) is 0 Å². The fourth-order valence-electron chi connectivity index (χ4n) is 5.75. The summed E-state index contributed by atoms with van der Waals surface area (Å²) < 4.78 is 17.0. The number of ketones is 3. The van der Waals surface area contributed by atoms with Crippen LogP contribution in [0.5, 0.6) is 17.2 Å². The number of rotatable bonds is 5. The van der Waals surface area contributed by atoms with E-state index in [0.29, 0.717) is 0 Å². The number of carbonyl (C=O) groups excluding carboxylic acids is 3. The monoisotopic (exact) mass is 579 g/mol. The number of phenols is 2. The van der Waals surface area contributed by atoms with Gasteiger partial charge in [-0.15, -0.1) is 12.4 Å². The first-order valence-electron chi connectivity index (χ1n) is 12.4. The third kappa shape index (κ3) is 4.45. The summed E-state index contributed by atoms with van der Waals surface area (Å²) in [5.41, 5.74) is 2.37. The van der Waals surface area contributed by atoms with E-state index in [1.54, 1.807) is 6.92 Å². The Morgan fingerprint density at radius 3 is 2.45 bits per heavy atom. The van der Waals surface area contributed by atoms with Crippen LogP contribution in [0.4, 0.5) is 0 Å². The number of carbonyl (C=O) groups is 3. The molecule has 3 aliphatic rings. The number of ether oxygens (including phenoxy) is 3. The van der Waals surface area contributed by atoms with Gasteiger partial charge in [0.25, 0.3) is 0 Å². The SMILES string of the molecule is COc1cccc2c1C(=O)c1c(O)c3c(c(O)c1C2=O)C[C@](O)(C(=O)CO)C[C@H]3O[C@@H]1C[C@@H](N)[C@@H](O)[C@@H](C)O1.Cl. The van der Waals surface area contributed by atoms with Crippen LogP contribution < -0.4 is 10.5 Å². The number of aliphatic hydroxyl groups excluding tert-OH is 2. The molecule has 40 heavy (non-hydrogen) atoms. The van der Waals surface area contributed by atoms with E-state index < -0.39 is 95.7 Å². The van der Waals surface area contributed by atoms with Gasteiger partial charge in [0, 0.05) is 42.0 Å². The van der Waals surface area contributed by atoms with Crippen molar-refractivity contribution in [3.63, 3.8) is 0 Å². The van der Waals surface area contributed by atoms with Gasteiger partial charge in [0.15, 0.2) is 17.9 Å². The molecule has 1 aliphatic heterocycles. The smallest absolute Gasteiger partial charge is 0.202 e. The second-order valence-corrected chi connectivity index (χ2v) is 10.2. The summed E-state index contributed by atoms with van der Waals surface area (Å²) in [5.74, 6) is -3.77. The third-order valence-electron chi connectivity index (χ3n) is 7.81. The highest BCUT2D eigenvalue weighted by Gasteiger charge is 2.50. The van der Waals surface area contributed by atoms with Crippen LogP contribution in [0, 0.1) is 0 Å². The number of fused-ring (bicyclic) bond motifs is 3. The van der Waals surface area contributed by atoms with Crippen molar-refractivity contribution in [2.24, 2.45) is 5.73 Å². The Balaban J connectivity index is 0.00000370. The van der Waals surface area contributed by atoms with Crippen LogP contribution in [-0.4, -0.2) is 86.7 Å². The molecule has 0 aromatic heterocycles. The zero-order valence-corrected chi connectivity index (χ0v) is 22.4. The molecule has 6 atom stereocenters. The minimum absolute atomic E-state index is 0. The standard InChI is InChI=1S/C27H29NO11.ClH/c1-10-22(31)13(28)6-17(38-10)39-15-8-27(36,16(30)9-29)7-12-19(15)26(35)21-20(24(12)33)23(32)11-4-3-5-14(37-2)18(11)25(21)34;/h3-5,10,13,15,17,22,29,31,33,35-36H,6-9,28H2,1-2H3;1H/t10-,13-,15-,17-,22+,27-;/m1./s1. The maximum absolute atomic E-state index is 13.6. The zero-order chi connectivity index (χ0) is 28.4. The van der Waals surface area contributed by atoms with Crippen molar-refractivity contribution >= 4 is 29.8 Å². The summed E-state index contributed by atoms with van der Waals surface area (Å²) in [5, 5.41) is 53.7. The fourth-order valence-corrected chi connectivity index (χ4v) is 5.75. The number of benzene rings is 2. The first-order valence-corrected chi connectivity index (χ1v) is 12.4. The highest BCUT2D eigenvalue weighted by Crippen LogP contribution is 2.52. The third-order valence-corrected chi connectivity index (χ3v) is 7.81. The Bertz CT molecular complexity index is 1380. The van der Waals surface area contributed by atoms with Gasteiger partial charge in [-0.05, 0) is 13.0 Å². The molecular weight excluding hydrogens is 550 g/mol. The molecular formula is C27H30ClNO11. The number of nitrogens with two attached hydrogens (primary N) is 1. The molecule has 7 N–H and O–H groups in total. The lowest BCUT2D eigenvalue weighted by molar-refractivity contribution is -0.247. The second-order valence-electron chi connectivity index (χ2n) is 10.2. The van der Waals surface area contributed by atoms with Crippen LogP contribution in [-0.2, 0) is 20.7 Å². The van der Waals surface area contributed by atoms with Crippen LogP contribution in [0.15, 0.2) is 18.2 Å². The molecule has 2 aromatic rings. The van der Waals surface area contributed by atoms with E-state index in [1.165, 1.54) is 25.3 Å². The van der Waals surface area contributed by atoms with Crippen LogP contribution in [0.1, 0.15) is 68.8 Å². The Morgan fingerprint density at radius 1 is 1.15 bits per heavy atom. The lowest BCUT2D eigenvalue weighted by Crippen LogP contribution is -2.53. The van der Waals surface area contributed by atoms with Gasteiger partial charge in [-0.3, -0.25) is 14.4 Å². The van der Waals surface area contributed by atoms with E-state index in [1.807, 2.05) is 0 Å². The van der Waals surface area contributed by atoms with Crippen molar-refractivity contribution in [2.45, 2.75) is 62.4 Å². The minimum atomic E-state index is -2.24. The maximum atomic E-state index is 13.6. The number of aliphatic hydroxyl groups is 3. The Hall–Kier alpha value is -3.10. The summed E-state index contributed by atoms with van der Waals surface area (Å²) in [6.45, 7) is 0.560. The van der Waals surface area contributed by atoms with Crippen molar-refractivity contribution in [1.82, 2.24) is 0 Å². The molecule has 2 aliphatic carbocycles. The lowest BCUT2D eigenvalue weighted by Gasteiger charge is -2.42. The molecule has 0 radical (unpaired) electrons. The summed E-state index contributed by atoms with van der Waals surface area (Å²) in [4.78, 5) is 39.7. The van der Waals surface area contributed by atoms with Crippen LogP contribution in [0.25, 0.3) is 0 Å². The predicted octanol–water partition coefficient (Wildman–Crippen LogP) is 0.423. The molecule has 12 nitrogen and oxygen atoms in total. The van der Waals surface area contributed by atoms with Crippen molar-refractivity contribution in [3.05, 3.63) is 51.6 Å². The molecule has 0 saturated carbocycles. The van der Waals surface area contributed by atoms with Gasteiger partial charge in [-0.2, -0.15) is 0 Å². The average molecular weight is 580 g/mol. The van der Waals surface area contributed by atoms with Gasteiger partial charge in [0.1, 0.15) is 29.5 Å². The molecule has 0 spiro atoms. The van der Waals surface area contributed by atoms with E-state index in [-0.39, 0.29) is 46.8 Å². The number of hydrogen-bond acceptors (Lipinski definition) is 12. The number of hydrogen-bond donors (Lipinski definition) is 6. The van der Waals surface area contributed by atoms with Gasteiger partial charge >= 0.3 is 0 Å². The van der Waals surface area contributed by atoms with Gasteiger partial charge in [0.2, 0.25) is 5.78 Å². The second kappa shape index (κ2) is 10.7. The van der Waals surface area contributed by atoms with E-state index in [2.05, 4.69) is 0 Å². The highest BCUT2D eigenvalue weighted by atomic mass is 35.5. The number of Topliss-reactive ketones (excluding diaryl/α,β-unsaturated/α-hetero) is 1. The summed E-state index contributed by atoms with van der Waals surface area (Å²) in [7, 11) is 1.32. The Kier molecular flexibility index (Phi) is 8.00. The predicted molar refractivity (Wildman–Crippen MR) is 139 cm³/mol. The zero-order valence-electron chi connectivity index (χ0n) is 21.6. The van der Waals surface area contributed by atoms with Crippen molar-refractivity contribution < 1.29 is 54.1 Å². The van der Waals surface area contributed by atoms with Crippen LogP contribution in [0.2, 0.25) is 0 Å². The number of halogens is 1. The van der Waals surface area contributed by atoms with E-state index >= 15 is 0 Å². The van der Waals surface area contributed by atoms with Crippen LogP contribution in [0.3, 0.4) is 0 Å². The Morgan fingerprint density at radius 2 is 1.82 bits per heavy atom. The van der Waals surface area contributed by atoms with Crippen LogP contribution >= 0.6 is 12.4 Å². The normalized spacial score (nSPS) is 29.1. The first kappa shape index (κ1) is 29.9. The maximum Gasteiger partial charge on any atom is 0.202 e. The molecule has 2 aromatic carbocycles. The quantitative estimate of drug-likeness (QED) is 0.227. The molecule has 5 rings (SSSR count). The number of methoxy groups -OCH3 is 1. The van der Waals surface area contributed by atoms with E-state index in [9.17, 15) is 39.9 Å². The van der Waals surface area contributed by atoms with Gasteiger partial charge in [-0.1, -0.05) is 12.1 Å². The molecule has 0 bridgehead atoms. The number of phenolic OH excluding ortho intramolecular Hbond substituents is 2. The van der Waals surface area contributed by atoms with Crippen molar-refractivity contribution in [1.29, 1.82) is 0 Å². The summed E-state index contributed by atoms with van der Waals surface area (Å²) in [6.07, 6.45) is -5.12. The molecule has 13 heteroatoms. The van der Waals surface area contributed by atoms with Gasteiger partial charge < -0.3 is 45.5 Å². The number of aromatic hydroxyl groups is 2. The molecule has 0 unspecified atom stereocenters. The Labute approximate surface area is 234 Å². The first-order chi connectivity index (χ1) is 18.4. The fraction of sp³-hybridized carbons (Fsp3) is 0.444. The van der Waals surface area contributed by atoms with Gasteiger partial charge in [0.05, 0.1) is 42.1 Å². The topological polar surface area (TPSA) is 206 Å². The average Bonchev–Trinajstić information content (AvgIpc) is 2.90. The minimum Gasteiger partial charge on any atom is -0.507 e. The molecule has 1 saturated heterocycles. The van der Waals surface area contributed by atoms with Crippen molar-refractivity contribution in [3.8, 4) is 17.2 Å². The van der Waals surface area contributed by atoms with Crippen molar-refractivity contribution in [2.75, 3.05) is 13.7 Å².